The second-order valence-electron chi connectivity index (χ2n) is 7.91. The standard InChI is InChI=1S/C24H28FN3O2/c1-16(2)15-28-13-11-18(12-14-28)26-24(30)20-9-6-7-17(3)22(20)27-23(29)19-8-4-5-10-21(19)25/h4-10,18H,1,11-15H2,2-3H3,(H,26,30)(H,27,29). The van der Waals surface area contributed by atoms with Gasteiger partial charge in [0.2, 0.25) is 0 Å². The molecule has 1 heterocycles. The summed E-state index contributed by atoms with van der Waals surface area (Å²) in [5.41, 5.74) is 2.60. The van der Waals surface area contributed by atoms with Crippen molar-refractivity contribution in [3.8, 4) is 0 Å². The van der Waals surface area contributed by atoms with E-state index in [1.165, 1.54) is 18.2 Å². The van der Waals surface area contributed by atoms with Crippen molar-refractivity contribution in [3.05, 3.63) is 77.1 Å². The highest BCUT2D eigenvalue weighted by atomic mass is 19.1. The van der Waals surface area contributed by atoms with Crippen LogP contribution in [0, 0.1) is 12.7 Å². The second kappa shape index (κ2) is 9.67. The fraction of sp³-hybridized carbons (Fsp3) is 0.333. The maximum absolute atomic E-state index is 14.0. The summed E-state index contributed by atoms with van der Waals surface area (Å²) in [5.74, 6) is -1.42. The highest BCUT2D eigenvalue weighted by Crippen LogP contribution is 2.23. The number of carbonyl (C=O) groups is 2. The van der Waals surface area contributed by atoms with Crippen LogP contribution in [0.3, 0.4) is 0 Å². The third kappa shape index (κ3) is 5.33. The highest BCUT2D eigenvalue weighted by molar-refractivity contribution is 6.09. The molecule has 0 aliphatic carbocycles. The predicted molar refractivity (Wildman–Crippen MR) is 117 cm³/mol. The molecular formula is C24H28FN3O2. The van der Waals surface area contributed by atoms with Crippen LogP contribution in [-0.4, -0.2) is 42.4 Å². The molecule has 1 saturated heterocycles. The Morgan fingerprint density at radius 2 is 1.73 bits per heavy atom. The molecule has 0 spiro atoms. The summed E-state index contributed by atoms with van der Waals surface area (Å²) in [6.07, 6.45) is 1.73. The topological polar surface area (TPSA) is 61.4 Å². The SMILES string of the molecule is C=C(C)CN1CCC(NC(=O)c2cccc(C)c2NC(=O)c2ccccc2F)CC1. The van der Waals surface area contributed by atoms with Gasteiger partial charge in [-0.3, -0.25) is 14.5 Å². The molecule has 0 bridgehead atoms. The average Bonchev–Trinajstić information content (AvgIpc) is 2.70. The smallest absolute Gasteiger partial charge is 0.258 e. The summed E-state index contributed by atoms with van der Waals surface area (Å²) in [7, 11) is 0. The number of amides is 2. The molecule has 0 saturated carbocycles. The van der Waals surface area contributed by atoms with Crippen LogP contribution in [0.2, 0.25) is 0 Å². The number of rotatable bonds is 6. The lowest BCUT2D eigenvalue weighted by molar-refractivity contribution is 0.0914. The number of nitrogens with zero attached hydrogens (tertiary/aromatic N) is 1. The van der Waals surface area contributed by atoms with Crippen LogP contribution in [0.15, 0.2) is 54.6 Å². The maximum Gasteiger partial charge on any atom is 0.258 e. The van der Waals surface area contributed by atoms with E-state index in [0.717, 1.165) is 43.6 Å². The van der Waals surface area contributed by atoms with Crippen LogP contribution in [-0.2, 0) is 0 Å². The van der Waals surface area contributed by atoms with E-state index < -0.39 is 11.7 Å². The zero-order chi connectivity index (χ0) is 21.7. The number of aryl methyl sites for hydroxylation is 1. The van der Waals surface area contributed by atoms with Gasteiger partial charge in [-0.05, 0) is 50.5 Å². The van der Waals surface area contributed by atoms with Crippen molar-refractivity contribution < 1.29 is 14.0 Å². The van der Waals surface area contributed by atoms with Crippen molar-refractivity contribution in [2.24, 2.45) is 0 Å². The summed E-state index contributed by atoms with van der Waals surface area (Å²) in [4.78, 5) is 27.9. The third-order valence-corrected chi connectivity index (χ3v) is 5.29. The van der Waals surface area contributed by atoms with Crippen molar-refractivity contribution >= 4 is 17.5 Å². The van der Waals surface area contributed by atoms with Gasteiger partial charge >= 0.3 is 0 Å². The van der Waals surface area contributed by atoms with Crippen molar-refractivity contribution in [2.45, 2.75) is 32.7 Å². The van der Waals surface area contributed by atoms with Crippen molar-refractivity contribution in [1.82, 2.24) is 10.2 Å². The van der Waals surface area contributed by atoms with E-state index in [1.807, 2.05) is 19.9 Å². The lowest BCUT2D eigenvalue weighted by atomic mass is 10.0. The van der Waals surface area contributed by atoms with E-state index in [9.17, 15) is 14.0 Å². The minimum atomic E-state index is -0.601. The van der Waals surface area contributed by atoms with Gasteiger partial charge in [0.25, 0.3) is 11.8 Å². The Morgan fingerprint density at radius 1 is 1.07 bits per heavy atom. The van der Waals surface area contributed by atoms with E-state index >= 15 is 0 Å². The summed E-state index contributed by atoms with van der Waals surface area (Å²) in [6, 6.07) is 11.1. The molecule has 0 radical (unpaired) electrons. The molecule has 2 aromatic carbocycles. The first kappa shape index (κ1) is 21.7. The zero-order valence-corrected chi connectivity index (χ0v) is 17.5. The fourth-order valence-electron chi connectivity index (χ4n) is 3.73. The number of nitrogens with one attached hydrogen (secondary N) is 2. The van der Waals surface area contributed by atoms with Crippen LogP contribution in [0.4, 0.5) is 10.1 Å². The van der Waals surface area contributed by atoms with E-state index in [2.05, 4.69) is 22.1 Å². The van der Waals surface area contributed by atoms with Gasteiger partial charge < -0.3 is 10.6 Å². The first-order valence-corrected chi connectivity index (χ1v) is 10.2. The first-order chi connectivity index (χ1) is 14.3. The number of para-hydroxylation sites is 1. The molecule has 2 aromatic rings. The lowest BCUT2D eigenvalue weighted by Gasteiger charge is -2.32. The van der Waals surface area contributed by atoms with Crippen molar-refractivity contribution in [3.63, 3.8) is 0 Å². The predicted octanol–water partition coefficient (Wildman–Crippen LogP) is 4.16. The van der Waals surface area contributed by atoms with Gasteiger partial charge in [-0.25, -0.2) is 4.39 Å². The van der Waals surface area contributed by atoms with E-state index in [-0.39, 0.29) is 17.5 Å². The van der Waals surface area contributed by atoms with E-state index in [4.69, 9.17) is 0 Å². The number of anilines is 1. The number of hydrogen-bond donors (Lipinski definition) is 2. The average molecular weight is 410 g/mol. The molecule has 1 aliphatic rings. The summed E-state index contributed by atoms with van der Waals surface area (Å²) >= 11 is 0. The number of likely N-dealkylation sites (tertiary alicyclic amines) is 1. The molecule has 30 heavy (non-hydrogen) atoms. The normalized spacial score (nSPS) is 14.9. The molecule has 0 aromatic heterocycles. The third-order valence-electron chi connectivity index (χ3n) is 5.29. The Balaban J connectivity index is 1.70. The maximum atomic E-state index is 14.0. The molecule has 0 unspecified atom stereocenters. The number of carbonyl (C=O) groups excluding carboxylic acids is 2. The summed E-state index contributed by atoms with van der Waals surface area (Å²) in [6.45, 7) is 10.5. The first-order valence-electron chi connectivity index (χ1n) is 10.2. The van der Waals surface area contributed by atoms with Gasteiger partial charge in [0.15, 0.2) is 0 Å². The number of halogens is 1. The summed E-state index contributed by atoms with van der Waals surface area (Å²) < 4.78 is 14.0. The monoisotopic (exact) mass is 409 g/mol. The van der Waals surface area contributed by atoms with E-state index in [0.29, 0.717) is 11.3 Å². The molecule has 2 N–H and O–H groups in total. The Kier molecular flexibility index (Phi) is 7.00. The largest absolute Gasteiger partial charge is 0.349 e. The minimum absolute atomic E-state index is 0.0583. The van der Waals surface area contributed by atoms with Gasteiger partial charge in [-0.1, -0.05) is 36.4 Å². The van der Waals surface area contributed by atoms with Crippen LogP contribution in [0.25, 0.3) is 0 Å². The van der Waals surface area contributed by atoms with Crippen LogP contribution >= 0.6 is 0 Å². The zero-order valence-electron chi connectivity index (χ0n) is 17.5. The molecule has 158 valence electrons. The highest BCUT2D eigenvalue weighted by Gasteiger charge is 2.23. The Hall–Kier alpha value is -2.99. The molecule has 5 nitrogen and oxygen atoms in total. The number of hydrogen-bond acceptors (Lipinski definition) is 3. The number of benzene rings is 2. The van der Waals surface area contributed by atoms with E-state index in [1.54, 1.807) is 18.2 Å². The molecule has 3 rings (SSSR count). The molecule has 0 atom stereocenters. The Bertz CT molecular complexity index is 949. The minimum Gasteiger partial charge on any atom is -0.349 e. The van der Waals surface area contributed by atoms with Gasteiger partial charge in [-0.2, -0.15) is 0 Å². The van der Waals surface area contributed by atoms with Crippen molar-refractivity contribution in [1.29, 1.82) is 0 Å². The van der Waals surface area contributed by atoms with Crippen LogP contribution < -0.4 is 10.6 Å². The van der Waals surface area contributed by atoms with Crippen molar-refractivity contribution in [2.75, 3.05) is 25.0 Å². The summed E-state index contributed by atoms with van der Waals surface area (Å²) in [5, 5.41) is 5.81. The Labute approximate surface area is 177 Å². The molecule has 1 fully saturated rings. The number of piperidine rings is 1. The molecule has 1 aliphatic heterocycles. The fourth-order valence-corrected chi connectivity index (χ4v) is 3.73. The lowest BCUT2D eigenvalue weighted by Crippen LogP contribution is -2.45. The van der Waals surface area contributed by atoms with Gasteiger partial charge in [0.05, 0.1) is 16.8 Å². The quantitative estimate of drug-likeness (QED) is 0.705. The van der Waals surface area contributed by atoms with Crippen LogP contribution in [0.1, 0.15) is 46.0 Å². The molecule has 2 amide bonds. The van der Waals surface area contributed by atoms with Crippen LogP contribution in [0.5, 0.6) is 0 Å². The molecular weight excluding hydrogens is 381 g/mol. The Morgan fingerprint density at radius 3 is 2.40 bits per heavy atom. The van der Waals surface area contributed by atoms with Gasteiger partial charge in [0.1, 0.15) is 5.82 Å². The van der Waals surface area contributed by atoms with Gasteiger partial charge in [0, 0.05) is 25.7 Å². The second-order valence-corrected chi connectivity index (χ2v) is 7.91. The molecule has 6 heteroatoms. The van der Waals surface area contributed by atoms with Gasteiger partial charge in [-0.15, -0.1) is 0 Å².